The lowest BCUT2D eigenvalue weighted by Crippen LogP contribution is -2.35. The minimum atomic E-state index is -4.06. The molecule has 0 heterocycles. The van der Waals surface area contributed by atoms with Gasteiger partial charge in [-0.15, -0.1) is 0 Å². The lowest BCUT2D eigenvalue weighted by Gasteiger charge is -2.11. The summed E-state index contributed by atoms with van der Waals surface area (Å²) in [6.45, 7) is 1.78. The summed E-state index contributed by atoms with van der Waals surface area (Å²) in [5.74, 6) is 0. The van der Waals surface area contributed by atoms with E-state index in [-0.39, 0.29) is 5.69 Å². The second kappa shape index (κ2) is 5.77. The Balaban J connectivity index is 2.98. The van der Waals surface area contributed by atoms with Crippen LogP contribution in [0.1, 0.15) is 5.56 Å². The number of anilines is 1. The van der Waals surface area contributed by atoms with Crippen LogP contribution >= 0.6 is 27.5 Å². The first-order valence-corrected chi connectivity index (χ1v) is 7.24. The maximum atomic E-state index is 11.5. The molecule has 18 heavy (non-hydrogen) atoms. The molecule has 0 aromatic heterocycles. The third-order valence-electron chi connectivity index (χ3n) is 1.90. The van der Waals surface area contributed by atoms with E-state index in [9.17, 15) is 13.2 Å². The molecule has 1 aromatic carbocycles. The highest BCUT2D eigenvalue weighted by molar-refractivity contribution is 9.10. The van der Waals surface area contributed by atoms with E-state index < -0.39 is 16.3 Å². The van der Waals surface area contributed by atoms with E-state index in [1.165, 1.54) is 6.07 Å². The van der Waals surface area contributed by atoms with Crippen molar-refractivity contribution in [3.63, 3.8) is 0 Å². The minimum Gasteiger partial charge on any atom is -0.452 e. The lowest BCUT2D eigenvalue weighted by molar-refractivity contribution is 0.177. The highest BCUT2D eigenvalue weighted by atomic mass is 79.9. The molecule has 2 N–H and O–H groups in total. The number of hydrogen-bond acceptors (Lipinski definition) is 4. The van der Waals surface area contributed by atoms with Crippen LogP contribution in [0.5, 0.6) is 0 Å². The van der Waals surface area contributed by atoms with Gasteiger partial charge in [-0.05, 0) is 40.5 Å². The molecule has 9 heteroatoms. The van der Waals surface area contributed by atoms with Crippen LogP contribution in [0.3, 0.4) is 0 Å². The maximum Gasteiger partial charge on any atom is 0.422 e. The Labute approximate surface area is 118 Å². The van der Waals surface area contributed by atoms with Gasteiger partial charge in [-0.2, -0.15) is 8.42 Å². The molecule has 1 amide bonds. The summed E-state index contributed by atoms with van der Waals surface area (Å²) in [5.41, 5.74) is 0.995. The number of amides is 1. The monoisotopic (exact) mass is 356 g/mol. The molecule has 0 aliphatic carbocycles. The molecule has 100 valence electrons. The number of ether oxygens (including phenoxy) is 1. The van der Waals surface area contributed by atoms with E-state index in [4.69, 9.17) is 11.6 Å². The molecule has 6 nitrogen and oxygen atoms in total. The van der Waals surface area contributed by atoms with Gasteiger partial charge in [0.25, 0.3) is 0 Å². The Kier molecular flexibility index (Phi) is 4.83. The maximum absolute atomic E-state index is 11.5. The molecular formula is C9H10BrClN2O4S. The zero-order valence-electron chi connectivity index (χ0n) is 9.45. The van der Waals surface area contributed by atoms with Gasteiger partial charge in [0.15, 0.2) is 0 Å². The number of halogens is 2. The number of nitrogens with one attached hydrogen (secondary N) is 2. The summed E-state index contributed by atoms with van der Waals surface area (Å²) in [4.78, 5) is 10.8. The average molecular weight is 358 g/mol. The number of rotatable bonds is 3. The Morgan fingerprint density at radius 1 is 1.44 bits per heavy atom. The smallest absolute Gasteiger partial charge is 0.422 e. The van der Waals surface area contributed by atoms with Crippen molar-refractivity contribution in [2.75, 3.05) is 11.8 Å². The van der Waals surface area contributed by atoms with Gasteiger partial charge in [-0.25, -0.2) is 9.52 Å². The number of benzene rings is 1. The van der Waals surface area contributed by atoms with Crippen LogP contribution in [-0.2, 0) is 14.9 Å². The van der Waals surface area contributed by atoms with Crippen molar-refractivity contribution in [3.05, 3.63) is 27.2 Å². The van der Waals surface area contributed by atoms with E-state index in [1.807, 2.05) is 0 Å². The van der Waals surface area contributed by atoms with Gasteiger partial charge in [0, 0.05) is 9.50 Å². The fourth-order valence-electron chi connectivity index (χ4n) is 1.05. The zero-order chi connectivity index (χ0) is 13.9. The molecular weight excluding hydrogens is 348 g/mol. The predicted octanol–water partition coefficient (Wildman–Crippen LogP) is 2.42. The van der Waals surface area contributed by atoms with Gasteiger partial charge < -0.3 is 4.74 Å². The molecule has 0 spiro atoms. The van der Waals surface area contributed by atoms with Crippen molar-refractivity contribution >= 4 is 49.5 Å². The van der Waals surface area contributed by atoms with E-state index in [1.54, 1.807) is 17.7 Å². The molecule has 0 atom stereocenters. The summed E-state index contributed by atoms with van der Waals surface area (Å²) < 4.78 is 31.6. The third kappa shape index (κ3) is 4.04. The standard InChI is InChI=1S/C9H10BrClN2O4S/c1-5-3-6(10)8(4-7(5)11)12-18(15,16)13-9(14)17-2/h3-4,12H,1-2H3,(H,13,14). The van der Waals surface area contributed by atoms with Gasteiger partial charge in [-0.1, -0.05) is 11.6 Å². The first-order chi connectivity index (χ1) is 8.25. The molecule has 0 radical (unpaired) electrons. The molecule has 0 unspecified atom stereocenters. The lowest BCUT2D eigenvalue weighted by atomic mass is 10.2. The molecule has 0 saturated carbocycles. The van der Waals surface area contributed by atoms with Crippen LogP contribution in [0.25, 0.3) is 0 Å². The Morgan fingerprint density at radius 3 is 2.61 bits per heavy atom. The normalized spacial score (nSPS) is 10.9. The summed E-state index contributed by atoms with van der Waals surface area (Å²) in [5, 5.41) is 0.397. The van der Waals surface area contributed by atoms with Gasteiger partial charge in [0.2, 0.25) is 0 Å². The summed E-state index contributed by atoms with van der Waals surface area (Å²) >= 11 is 9.07. The molecule has 0 saturated heterocycles. The van der Waals surface area contributed by atoms with Crippen molar-refractivity contribution < 1.29 is 17.9 Å². The van der Waals surface area contributed by atoms with E-state index in [0.29, 0.717) is 9.50 Å². The van der Waals surface area contributed by atoms with Crippen LogP contribution in [0.2, 0.25) is 5.02 Å². The summed E-state index contributed by atoms with van der Waals surface area (Å²) in [7, 11) is -3.00. The predicted molar refractivity (Wildman–Crippen MR) is 72.0 cm³/mol. The van der Waals surface area contributed by atoms with Gasteiger partial charge >= 0.3 is 16.3 Å². The summed E-state index contributed by atoms with van der Waals surface area (Å²) in [6.07, 6.45) is -1.09. The van der Waals surface area contributed by atoms with Gasteiger partial charge in [0.05, 0.1) is 12.8 Å². The van der Waals surface area contributed by atoms with Crippen LogP contribution in [-0.4, -0.2) is 21.6 Å². The van der Waals surface area contributed by atoms with E-state index in [0.717, 1.165) is 12.7 Å². The van der Waals surface area contributed by atoms with Crippen LogP contribution in [0, 0.1) is 6.92 Å². The number of carbonyl (C=O) groups excluding carboxylic acids is 1. The second-order valence-electron chi connectivity index (χ2n) is 3.28. The summed E-state index contributed by atoms with van der Waals surface area (Å²) in [6, 6.07) is 3.08. The first kappa shape index (κ1) is 15.1. The highest BCUT2D eigenvalue weighted by Crippen LogP contribution is 2.29. The number of hydrogen-bond donors (Lipinski definition) is 2. The quantitative estimate of drug-likeness (QED) is 0.870. The molecule has 0 bridgehead atoms. The van der Waals surface area contributed by atoms with Crippen molar-refractivity contribution in [3.8, 4) is 0 Å². The third-order valence-corrected chi connectivity index (χ3v) is 3.88. The zero-order valence-corrected chi connectivity index (χ0v) is 12.6. The van der Waals surface area contributed by atoms with Crippen LogP contribution in [0.15, 0.2) is 16.6 Å². The molecule has 0 aliphatic heterocycles. The topological polar surface area (TPSA) is 84.5 Å². The molecule has 1 rings (SSSR count). The van der Waals surface area contributed by atoms with Crippen LogP contribution < -0.4 is 9.44 Å². The van der Waals surface area contributed by atoms with Crippen molar-refractivity contribution in [2.24, 2.45) is 0 Å². The largest absolute Gasteiger partial charge is 0.452 e. The Hall–Kier alpha value is -0.990. The van der Waals surface area contributed by atoms with Crippen molar-refractivity contribution in [1.82, 2.24) is 4.72 Å². The Bertz CT molecular complexity index is 576. The van der Waals surface area contributed by atoms with Gasteiger partial charge in [0.1, 0.15) is 0 Å². The van der Waals surface area contributed by atoms with E-state index in [2.05, 4.69) is 25.4 Å². The number of methoxy groups -OCH3 is 1. The molecule has 0 fully saturated rings. The Morgan fingerprint density at radius 2 is 2.06 bits per heavy atom. The fourth-order valence-corrected chi connectivity index (χ4v) is 2.71. The van der Waals surface area contributed by atoms with Crippen molar-refractivity contribution in [1.29, 1.82) is 0 Å². The van der Waals surface area contributed by atoms with Crippen molar-refractivity contribution in [2.45, 2.75) is 6.92 Å². The highest BCUT2D eigenvalue weighted by Gasteiger charge is 2.16. The first-order valence-electron chi connectivity index (χ1n) is 4.59. The number of aryl methyl sites for hydroxylation is 1. The number of carbonyl (C=O) groups is 1. The average Bonchev–Trinajstić information content (AvgIpc) is 2.24. The molecule has 0 aliphatic rings. The minimum absolute atomic E-state index is 0.210. The SMILES string of the molecule is COC(=O)NS(=O)(=O)Nc1cc(Cl)c(C)cc1Br. The second-order valence-corrected chi connectivity index (χ2v) is 5.96. The van der Waals surface area contributed by atoms with Crippen LogP contribution in [0.4, 0.5) is 10.5 Å². The van der Waals surface area contributed by atoms with E-state index >= 15 is 0 Å². The fraction of sp³-hybridized carbons (Fsp3) is 0.222. The van der Waals surface area contributed by atoms with Gasteiger partial charge in [-0.3, -0.25) is 4.72 Å². The molecule has 1 aromatic rings.